The summed E-state index contributed by atoms with van der Waals surface area (Å²) in [7, 11) is 0. The lowest BCUT2D eigenvalue weighted by atomic mass is 10.1. The van der Waals surface area contributed by atoms with Gasteiger partial charge in [0.05, 0.1) is 18.6 Å². The van der Waals surface area contributed by atoms with Gasteiger partial charge < -0.3 is 18.9 Å². The van der Waals surface area contributed by atoms with Crippen molar-refractivity contribution in [3.8, 4) is 0 Å². The summed E-state index contributed by atoms with van der Waals surface area (Å²) in [5, 5.41) is 0. The van der Waals surface area contributed by atoms with Crippen LogP contribution >= 0.6 is 0 Å². The smallest absolute Gasteiger partial charge is 0.410 e. The average molecular weight is 371 g/mol. The Hall–Kier alpha value is -2.83. The van der Waals surface area contributed by atoms with Crippen molar-refractivity contribution in [1.82, 2.24) is 14.5 Å². The SMILES string of the molecule is CC(C)(C)OC(=O)N1CCc2c(ncn2CC(=O)OCc2ccccc2)C1. The van der Waals surface area contributed by atoms with Crippen molar-refractivity contribution in [2.24, 2.45) is 0 Å². The second-order valence-electron chi connectivity index (χ2n) is 7.56. The fraction of sp³-hybridized carbons (Fsp3) is 0.450. The summed E-state index contributed by atoms with van der Waals surface area (Å²) in [6.45, 7) is 6.82. The highest BCUT2D eigenvalue weighted by atomic mass is 16.6. The molecule has 7 heteroatoms. The zero-order chi connectivity index (χ0) is 19.4. The van der Waals surface area contributed by atoms with Gasteiger partial charge >= 0.3 is 12.1 Å². The van der Waals surface area contributed by atoms with Gasteiger partial charge in [0.2, 0.25) is 0 Å². The minimum Gasteiger partial charge on any atom is -0.459 e. The maximum atomic E-state index is 12.2. The largest absolute Gasteiger partial charge is 0.459 e. The molecule has 144 valence electrons. The molecule has 3 rings (SSSR count). The summed E-state index contributed by atoms with van der Waals surface area (Å²) in [6.07, 6.45) is 1.91. The number of carbonyl (C=O) groups is 2. The Morgan fingerprint density at radius 1 is 1.19 bits per heavy atom. The van der Waals surface area contributed by atoms with Crippen LogP contribution in [0.5, 0.6) is 0 Å². The number of hydrogen-bond donors (Lipinski definition) is 0. The molecule has 27 heavy (non-hydrogen) atoms. The molecule has 0 fully saturated rings. The molecular weight excluding hydrogens is 346 g/mol. The van der Waals surface area contributed by atoms with Crippen molar-refractivity contribution < 1.29 is 19.1 Å². The van der Waals surface area contributed by atoms with Crippen LogP contribution < -0.4 is 0 Å². The summed E-state index contributed by atoms with van der Waals surface area (Å²) in [6, 6.07) is 9.57. The highest BCUT2D eigenvalue weighted by Crippen LogP contribution is 2.20. The number of amides is 1. The van der Waals surface area contributed by atoms with E-state index in [-0.39, 0.29) is 25.2 Å². The second-order valence-corrected chi connectivity index (χ2v) is 7.56. The quantitative estimate of drug-likeness (QED) is 0.773. The molecular formula is C20H25N3O4. The van der Waals surface area contributed by atoms with Crippen LogP contribution in [0, 0.1) is 0 Å². The van der Waals surface area contributed by atoms with Crippen LogP contribution in [0.15, 0.2) is 36.7 Å². The molecule has 0 unspecified atom stereocenters. The third-order valence-corrected chi connectivity index (χ3v) is 4.19. The molecule has 1 aromatic heterocycles. The maximum absolute atomic E-state index is 12.2. The van der Waals surface area contributed by atoms with Crippen molar-refractivity contribution in [3.05, 3.63) is 53.6 Å². The Balaban J connectivity index is 1.56. The summed E-state index contributed by atoms with van der Waals surface area (Å²) >= 11 is 0. The molecule has 0 radical (unpaired) electrons. The van der Waals surface area contributed by atoms with Crippen molar-refractivity contribution in [2.45, 2.75) is 52.5 Å². The van der Waals surface area contributed by atoms with E-state index in [0.717, 1.165) is 17.0 Å². The van der Waals surface area contributed by atoms with E-state index in [0.29, 0.717) is 19.5 Å². The summed E-state index contributed by atoms with van der Waals surface area (Å²) in [4.78, 5) is 30.4. The van der Waals surface area contributed by atoms with E-state index < -0.39 is 5.60 Å². The fourth-order valence-electron chi connectivity index (χ4n) is 2.91. The van der Waals surface area contributed by atoms with Gasteiger partial charge in [-0.15, -0.1) is 0 Å². The van der Waals surface area contributed by atoms with E-state index in [1.54, 1.807) is 15.8 Å². The summed E-state index contributed by atoms with van der Waals surface area (Å²) in [5.41, 5.74) is 2.18. The molecule has 2 aromatic rings. The Bertz CT molecular complexity index is 808. The molecule has 0 atom stereocenters. The van der Waals surface area contributed by atoms with Crippen molar-refractivity contribution in [1.29, 1.82) is 0 Å². The number of aromatic nitrogens is 2. The van der Waals surface area contributed by atoms with Gasteiger partial charge in [-0.25, -0.2) is 9.78 Å². The van der Waals surface area contributed by atoms with E-state index >= 15 is 0 Å². The van der Waals surface area contributed by atoms with Crippen molar-refractivity contribution >= 4 is 12.1 Å². The lowest BCUT2D eigenvalue weighted by Gasteiger charge is -2.29. The number of nitrogens with zero attached hydrogens (tertiary/aromatic N) is 3. The Morgan fingerprint density at radius 2 is 1.93 bits per heavy atom. The molecule has 0 spiro atoms. The first-order valence-electron chi connectivity index (χ1n) is 9.02. The molecule has 1 amide bonds. The third-order valence-electron chi connectivity index (χ3n) is 4.19. The number of carbonyl (C=O) groups excluding carboxylic acids is 2. The second kappa shape index (κ2) is 7.82. The number of ether oxygens (including phenoxy) is 2. The van der Waals surface area contributed by atoms with E-state index in [4.69, 9.17) is 9.47 Å². The minimum atomic E-state index is -0.529. The number of fused-ring (bicyclic) bond motifs is 1. The monoisotopic (exact) mass is 371 g/mol. The molecule has 0 aliphatic carbocycles. The van der Waals surface area contributed by atoms with E-state index in [2.05, 4.69) is 4.98 Å². The van der Waals surface area contributed by atoms with Crippen LogP contribution in [-0.2, 0) is 40.4 Å². The van der Waals surface area contributed by atoms with Crippen molar-refractivity contribution in [2.75, 3.05) is 6.54 Å². The average Bonchev–Trinajstić information content (AvgIpc) is 3.01. The van der Waals surface area contributed by atoms with Crippen LogP contribution in [0.4, 0.5) is 4.79 Å². The summed E-state index contributed by atoms with van der Waals surface area (Å²) in [5.74, 6) is -0.311. The normalized spacial score (nSPS) is 13.8. The third kappa shape index (κ3) is 5.09. The van der Waals surface area contributed by atoms with Gasteiger partial charge in [0, 0.05) is 18.7 Å². The fourth-order valence-corrected chi connectivity index (χ4v) is 2.91. The maximum Gasteiger partial charge on any atom is 0.410 e. The van der Waals surface area contributed by atoms with Gasteiger partial charge in [-0.05, 0) is 26.3 Å². The highest BCUT2D eigenvalue weighted by molar-refractivity contribution is 5.70. The Morgan fingerprint density at radius 3 is 2.63 bits per heavy atom. The van der Waals surface area contributed by atoms with E-state index in [9.17, 15) is 9.59 Å². The zero-order valence-corrected chi connectivity index (χ0v) is 16.0. The minimum absolute atomic E-state index is 0.113. The molecule has 7 nitrogen and oxygen atoms in total. The topological polar surface area (TPSA) is 73.7 Å². The molecule has 0 saturated carbocycles. The molecule has 0 saturated heterocycles. The van der Waals surface area contributed by atoms with Crippen LogP contribution in [0.3, 0.4) is 0 Å². The number of hydrogen-bond acceptors (Lipinski definition) is 5. The number of benzene rings is 1. The highest BCUT2D eigenvalue weighted by Gasteiger charge is 2.28. The van der Waals surface area contributed by atoms with Crippen LogP contribution in [-0.4, -0.2) is 38.7 Å². The van der Waals surface area contributed by atoms with Crippen molar-refractivity contribution in [3.63, 3.8) is 0 Å². The molecule has 2 heterocycles. The number of esters is 1. The van der Waals surface area contributed by atoms with Crippen LogP contribution in [0.1, 0.15) is 37.7 Å². The standard InChI is InChI=1S/C20H25N3O4/c1-20(2,3)27-19(25)22-10-9-17-16(11-22)21-14-23(17)12-18(24)26-13-15-7-5-4-6-8-15/h4-8,14H,9-13H2,1-3H3. The predicted octanol–water partition coefficient (Wildman–Crippen LogP) is 2.92. The Labute approximate surface area is 158 Å². The molecule has 1 aliphatic heterocycles. The first-order valence-corrected chi connectivity index (χ1v) is 9.02. The van der Waals surface area contributed by atoms with Crippen LogP contribution in [0.2, 0.25) is 0 Å². The lowest BCUT2D eigenvalue weighted by Crippen LogP contribution is -2.40. The predicted molar refractivity (Wildman–Crippen MR) is 98.8 cm³/mol. The van der Waals surface area contributed by atoms with E-state index in [1.807, 2.05) is 51.1 Å². The Kier molecular flexibility index (Phi) is 5.48. The lowest BCUT2D eigenvalue weighted by molar-refractivity contribution is -0.145. The van der Waals surface area contributed by atoms with Gasteiger partial charge in [-0.2, -0.15) is 0 Å². The van der Waals surface area contributed by atoms with Gasteiger partial charge in [0.25, 0.3) is 0 Å². The zero-order valence-electron chi connectivity index (χ0n) is 16.0. The molecule has 1 aliphatic rings. The van der Waals surface area contributed by atoms with Crippen LogP contribution in [0.25, 0.3) is 0 Å². The first kappa shape index (κ1) is 18.9. The van der Waals surface area contributed by atoms with Gasteiger partial charge in [0.15, 0.2) is 0 Å². The first-order chi connectivity index (χ1) is 12.8. The van der Waals surface area contributed by atoms with Gasteiger partial charge in [-0.3, -0.25) is 4.79 Å². The number of rotatable bonds is 4. The molecule has 1 aromatic carbocycles. The summed E-state index contributed by atoms with van der Waals surface area (Å²) < 4.78 is 12.6. The molecule has 0 bridgehead atoms. The van der Waals surface area contributed by atoms with Gasteiger partial charge in [-0.1, -0.05) is 30.3 Å². The van der Waals surface area contributed by atoms with Gasteiger partial charge in [0.1, 0.15) is 18.8 Å². The van der Waals surface area contributed by atoms with E-state index in [1.165, 1.54) is 0 Å². The number of imidazole rings is 1. The molecule has 0 N–H and O–H groups in total.